The summed E-state index contributed by atoms with van der Waals surface area (Å²) in [5.74, 6) is 0.125. The van der Waals surface area contributed by atoms with Gasteiger partial charge in [0, 0.05) is 30.5 Å². The van der Waals surface area contributed by atoms with Gasteiger partial charge in [-0.05, 0) is 43.2 Å². The summed E-state index contributed by atoms with van der Waals surface area (Å²) >= 11 is 0. The largest absolute Gasteiger partial charge is 0.434 e. The van der Waals surface area contributed by atoms with E-state index in [4.69, 9.17) is 9.73 Å². The molecule has 4 aromatic rings. The molecule has 0 aliphatic rings. The van der Waals surface area contributed by atoms with Crippen LogP contribution in [0.25, 0.3) is 23.4 Å². The number of ether oxygens (including phenoxy) is 1. The summed E-state index contributed by atoms with van der Waals surface area (Å²) < 4.78 is 38.8. The minimum atomic E-state index is -4.47. The molecule has 0 aliphatic carbocycles. The van der Waals surface area contributed by atoms with Crippen molar-refractivity contribution in [2.45, 2.75) is 38.2 Å². The molecule has 0 amide bonds. The lowest BCUT2D eigenvalue weighted by Crippen LogP contribution is -2.25. The molecule has 3 heterocycles. The van der Waals surface area contributed by atoms with Crippen molar-refractivity contribution in [1.29, 1.82) is 0 Å². The number of carbonyl (C=O) groups excluding carboxylic acids is 1. The summed E-state index contributed by atoms with van der Waals surface area (Å²) in [5.41, 5.74) is 2.37. The van der Waals surface area contributed by atoms with Crippen LogP contribution in [0.2, 0.25) is 0 Å². The molecule has 0 atom stereocenters. The fourth-order valence-corrected chi connectivity index (χ4v) is 4.51. The molecular weight excluding hydrogens is 514 g/mol. The number of fused-ring (bicyclic) bond motifs is 1. The Morgan fingerprint density at radius 2 is 1.92 bits per heavy atom. The van der Waals surface area contributed by atoms with Gasteiger partial charge >= 0.3 is 0 Å². The average molecular weight is 542 g/mol. The predicted octanol–water partition coefficient (Wildman–Crippen LogP) is 1.35. The Kier molecular flexibility index (Phi) is 8.14. The molecule has 0 bridgehead atoms. The van der Waals surface area contributed by atoms with Gasteiger partial charge in [0.1, 0.15) is 22.7 Å². The second kappa shape index (κ2) is 11.5. The van der Waals surface area contributed by atoms with Crippen LogP contribution in [-0.4, -0.2) is 62.4 Å². The van der Waals surface area contributed by atoms with E-state index in [9.17, 15) is 22.9 Å². The average Bonchev–Trinajstić information content (AvgIpc) is 3.46. The Morgan fingerprint density at radius 1 is 1.16 bits per heavy atom. The third-order valence-corrected chi connectivity index (χ3v) is 6.53. The number of aliphatic hydroxyl groups is 1. The molecule has 0 saturated carbocycles. The SMILES string of the molecule is CCCN(CCC)c1ccc(N=c2/c(=C/OC=O)[nH]n3c(-c4cc(S(=O)(=O)O)ccn4)nnc23)c(CO)c1. The number of rotatable bonds is 11. The van der Waals surface area contributed by atoms with E-state index in [-0.39, 0.29) is 45.8 Å². The number of H-pyrrole nitrogens is 1. The number of hydrogen-bond donors (Lipinski definition) is 3. The highest BCUT2D eigenvalue weighted by molar-refractivity contribution is 7.85. The zero-order chi connectivity index (χ0) is 27.3. The van der Waals surface area contributed by atoms with Gasteiger partial charge in [0.15, 0.2) is 0 Å². The van der Waals surface area contributed by atoms with Crippen molar-refractivity contribution >= 4 is 39.9 Å². The van der Waals surface area contributed by atoms with Crippen molar-refractivity contribution in [2.24, 2.45) is 4.99 Å². The quantitative estimate of drug-likeness (QED) is 0.186. The van der Waals surface area contributed by atoms with Crippen LogP contribution in [0, 0.1) is 0 Å². The molecule has 0 radical (unpaired) electrons. The number of carbonyl (C=O) groups is 1. The molecular formula is C24H27N7O6S. The van der Waals surface area contributed by atoms with Crippen LogP contribution in [0.4, 0.5) is 11.4 Å². The Bertz CT molecular complexity index is 1670. The van der Waals surface area contributed by atoms with Crippen molar-refractivity contribution in [2.75, 3.05) is 18.0 Å². The van der Waals surface area contributed by atoms with Gasteiger partial charge in [0.2, 0.25) is 11.5 Å². The predicted molar refractivity (Wildman–Crippen MR) is 138 cm³/mol. The smallest absolute Gasteiger partial charge is 0.297 e. The minimum Gasteiger partial charge on any atom is -0.434 e. The molecule has 14 heteroatoms. The van der Waals surface area contributed by atoms with Crippen molar-refractivity contribution < 1.29 is 27.6 Å². The van der Waals surface area contributed by atoms with Crippen LogP contribution in [0.5, 0.6) is 0 Å². The molecule has 200 valence electrons. The Morgan fingerprint density at radius 3 is 2.58 bits per heavy atom. The van der Waals surface area contributed by atoms with Crippen molar-refractivity contribution in [1.82, 2.24) is 24.8 Å². The number of aromatic nitrogens is 5. The van der Waals surface area contributed by atoms with Crippen LogP contribution in [-0.2, 0) is 26.3 Å². The van der Waals surface area contributed by atoms with E-state index in [1.54, 1.807) is 6.07 Å². The zero-order valence-electron chi connectivity index (χ0n) is 20.8. The molecule has 0 unspecified atom stereocenters. The monoisotopic (exact) mass is 541 g/mol. The Hall–Kier alpha value is -4.14. The van der Waals surface area contributed by atoms with Crippen LogP contribution in [0.1, 0.15) is 32.3 Å². The fourth-order valence-electron chi connectivity index (χ4n) is 4.02. The fraction of sp³-hybridized carbons (Fsp3) is 0.292. The summed E-state index contributed by atoms with van der Waals surface area (Å²) in [6, 6.07) is 7.90. The van der Waals surface area contributed by atoms with E-state index >= 15 is 0 Å². The minimum absolute atomic E-state index is 0.107. The molecule has 0 aliphatic heterocycles. The summed E-state index contributed by atoms with van der Waals surface area (Å²) in [7, 11) is -4.47. The van der Waals surface area contributed by atoms with Crippen molar-refractivity contribution in [3.8, 4) is 11.5 Å². The number of pyridine rings is 1. The number of hydrogen-bond acceptors (Lipinski definition) is 10. The molecule has 0 spiro atoms. The number of nitrogens with zero attached hydrogens (tertiary/aromatic N) is 6. The summed E-state index contributed by atoms with van der Waals surface area (Å²) in [6.07, 6.45) is 4.32. The van der Waals surface area contributed by atoms with Crippen LogP contribution < -0.4 is 15.6 Å². The zero-order valence-corrected chi connectivity index (χ0v) is 21.6. The molecule has 3 aromatic heterocycles. The van der Waals surface area contributed by atoms with Crippen LogP contribution in [0.3, 0.4) is 0 Å². The topological polar surface area (TPSA) is 175 Å². The van der Waals surface area contributed by atoms with E-state index < -0.39 is 10.1 Å². The number of nitrogens with one attached hydrogen (secondary N) is 1. The molecule has 1 aromatic carbocycles. The summed E-state index contributed by atoms with van der Waals surface area (Å²) in [5, 5.41) is 21.9. The van der Waals surface area contributed by atoms with E-state index in [0.29, 0.717) is 11.3 Å². The third-order valence-electron chi connectivity index (χ3n) is 5.68. The molecule has 0 fully saturated rings. The van der Waals surface area contributed by atoms with Gasteiger partial charge in [-0.15, -0.1) is 10.2 Å². The summed E-state index contributed by atoms with van der Waals surface area (Å²) in [6.45, 7) is 5.96. The molecule has 4 rings (SSSR count). The maximum absolute atomic E-state index is 11.6. The van der Waals surface area contributed by atoms with Crippen molar-refractivity contribution in [3.05, 3.63) is 52.8 Å². The lowest BCUT2D eigenvalue weighted by atomic mass is 10.1. The van der Waals surface area contributed by atoms with Crippen molar-refractivity contribution in [3.63, 3.8) is 0 Å². The Labute approximate surface area is 217 Å². The summed E-state index contributed by atoms with van der Waals surface area (Å²) in [4.78, 5) is 21.6. The van der Waals surface area contributed by atoms with Crippen LogP contribution in [0.15, 0.2) is 46.4 Å². The van der Waals surface area contributed by atoms with Gasteiger partial charge in [-0.1, -0.05) is 13.8 Å². The highest BCUT2D eigenvalue weighted by Crippen LogP contribution is 2.26. The first-order valence-corrected chi connectivity index (χ1v) is 13.3. The van der Waals surface area contributed by atoms with E-state index in [0.717, 1.165) is 50.0 Å². The lowest BCUT2D eigenvalue weighted by Gasteiger charge is -2.24. The highest BCUT2D eigenvalue weighted by Gasteiger charge is 2.18. The van der Waals surface area contributed by atoms with E-state index in [1.807, 2.05) is 12.1 Å². The number of aromatic amines is 1. The van der Waals surface area contributed by atoms with Gasteiger partial charge in [-0.3, -0.25) is 19.4 Å². The first kappa shape index (κ1) is 26.9. The van der Waals surface area contributed by atoms with Gasteiger partial charge in [0.25, 0.3) is 16.6 Å². The van der Waals surface area contributed by atoms with Crippen LogP contribution >= 0.6 is 0 Å². The highest BCUT2D eigenvalue weighted by atomic mass is 32.2. The lowest BCUT2D eigenvalue weighted by molar-refractivity contribution is -0.122. The normalized spacial score (nSPS) is 12.8. The third kappa shape index (κ3) is 5.56. The maximum atomic E-state index is 11.6. The molecule has 3 N–H and O–H groups in total. The Balaban J connectivity index is 1.89. The molecule has 38 heavy (non-hydrogen) atoms. The van der Waals surface area contributed by atoms with Gasteiger partial charge in [-0.2, -0.15) is 8.42 Å². The first-order chi connectivity index (χ1) is 18.3. The van der Waals surface area contributed by atoms with E-state index in [2.05, 4.69) is 39.0 Å². The van der Waals surface area contributed by atoms with Gasteiger partial charge in [-0.25, -0.2) is 9.51 Å². The second-order valence-electron chi connectivity index (χ2n) is 8.33. The number of benzene rings is 1. The molecule has 0 saturated heterocycles. The second-order valence-corrected chi connectivity index (χ2v) is 9.75. The maximum Gasteiger partial charge on any atom is 0.297 e. The number of aliphatic hydroxyl groups excluding tert-OH is 1. The van der Waals surface area contributed by atoms with E-state index in [1.165, 1.54) is 10.7 Å². The first-order valence-electron chi connectivity index (χ1n) is 11.8. The number of anilines is 1. The molecule has 13 nitrogen and oxygen atoms in total. The standard InChI is InChI=1S/C24H27N7O6S/c1-3-9-30(10-4-2)17-5-6-19(16(11-17)13-32)26-22-21(14-37-15-33)29-31-23(27-28-24(22)31)20-12-18(7-8-25-20)38(34,35)36/h5-8,11-12,14-15,29,32H,3-4,9-10,13H2,1-2H3,(H,34,35,36)/b21-14-,26-22?. The van der Waals surface area contributed by atoms with Gasteiger partial charge in [0.05, 0.1) is 17.2 Å². The van der Waals surface area contributed by atoms with Gasteiger partial charge < -0.3 is 14.7 Å².